The second kappa shape index (κ2) is 8.06. The molecule has 0 radical (unpaired) electrons. The van der Waals surface area contributed by atoms with E-state index in [1.165, 1.54) is 44.0 Å². The molecular formula is C19H25N3O. The van der Waals surface area contributed by atoms with Gasteiger partial charge in [-0.05, 0) is 30.7 Å². The van der Waals surface area contributed by atoms with Crippen molar-refractivity contribution in [3.8, 4) is 0 Å². The van der Waals surface area contributed by atoms with Gasteiger partial charge in [0, 0.05) is 18.7 Å². The van der Waals surface area contributed by atoms with Gasteiger partial charge in [0.1, 0.15) is 0 Å². The highest BCUT2D eigenvalue weighted by Gasteiger charge is 2.23. The summed E-state index contributed by atoms with van der Waals surface area (Å²) in [6, 6.07) is 12.7. The Morgan fingerprint density at radius 2 is 1.96 bits per heavy atom. The Morgan fingerprint density at radius 1 is 1.17 bits per heavy atom. The monoisotopic (exact) mass is 311 g/mol. The van der Waals surface area contributed by atoms with E-state index in [0.717, 1.165) is 12.1 Å². The molecule has 1 aliphatic carbocycles. The molecule has 4 heteroatoms. The molecule has 0 bridgehead atoms. The molecule has 1 unspecified atom stereocenters. The van der Waals surface area contributed by atoms with E-state index in [1.807, 2.05) is 0 Å². The van der Waals surface area contributed by atoms with E-state index in [0.29, 0.717) is 18.5 Å². The van der Waals surface area contributed by atoms with E-state index in [9.17, 15) is 4.79 Å². The zero-order valence-electron chi connectivity index (χ0n) is 13.5. The van der Waals surface area contributed by atoms with Crippen LogP contribution >= 0.6 is 0 Å². The molecule has 0 amide bonds. The van der Waals surface area contributed by atoms with Crippen LogP contribution < -0.4 is 10.9 Å². The van der Waals surface area contributed by atoms with Crippen molar-refractivity contribution in [3.63, 3.8) is 0 Å². The molecule has 4 nitrogen and oxygen atoms in total. The molecule has 1 heterocycles. The molecule has 0 saturated heterocycles. The number of hydrogen-bond donors (Lipinski definition) is 2. The summed E-state index contributed by atoms with van der Waals surface area (Å²) in [6.45, 7) is 0.651. The lowest BCUT2D eigenvalue weighted by Gasteiger charge is -2.31. The summed E-state index contributed by atoms with van der Waals surface area (Å²) in [5.41, 5.74) is 2.09. The Hall–Kier alpha value is -1.94. The van der Waals surface area contributed by atoms with Gasteiger partial charge in [-0.3, -0.25) is 4.79 Å². The maximum Gasteiger partial charge on any atom is 0.250 e. The standard InChI is InChI=1S/C19H25N3O/c23-19-12-17(21-14-22-19)13-20-18(16-9-5-2-6-10-16)11-15-7-3-1-4-8-15/h1,3-4,7-8,12,14,16,18,20H,2,5-6,9-11,13H2,(H,21,22,23). The lowest BCUT2D eigenvalue weighted by Crippen LogP contribution is -2.39. The molecule has 1 saturated carbocycles. The molecule has 122 valence electrons. The molecule has 1 aromatic heterocycles. The van der Waals surface area contributed by atoms with E-state index in [2.05, 4.69) is 45.6 Å². The van der Waals surface area contributed by atoms with E-state index in [4.69, 9.17) is 0 Å². The van der Waals surface area contributed by atoms with Crippen molar-refractivity contribution in [1.82, 2.24) is 15.3 Å². The fraction of sp³-hybridized carbons (Fsp3) is 0.474. The highest BCUT2D eigenvalue weighted by molar-refractivity contribution is 5.16. The molecule has 1 atom stereocenters. The molecular weight excluding hydrogens is 286 g/mol. The zero-order chi connectivity index (χ0) is 15.9. The first kappa shape index (κ1) is 15.9. The van der Waals surface area contributed by atoms with Crippen molar-refractivity contribution in [3.05, 3.63) is 64.3 Å². The second-order valence-electron chi connectivity index (χ2n) is 6.48. The van der Waals surface area contributed by atoms with E-state index < -0.39 is 0 Å². The van der Waals surface area contributed by atoms with E-state index >= 15 is 0 Å². The molecule has 23 heavy (non-hydrogen) atoms. The molecule has 0 spiro atoms. The summed E-state index contributed by atoms with van der Waals surface area (Å²) >= 11 is 0. The largest absolute Gasteiger partial charge is 0.313 e. The smallest absolute Gasteiger partial charge is 0.250 e. The summed E-state index contributed by atoms with van der Waals surface area (Å²) in [6.07, 6.45) is 9.15. The average Bonchev–Trinajstić information content (AvgIpc) is 2.60. The van der Waals surface area contributed by atoms with Crippen LogP contribution in [0.4, 0.5) is 0 Å². The number of nitrogens with one attached hydrogen (secondary N) is 2. The molecule has 1 fully saturated rings. The van der Waals surface area contributed by atoms with Gasteiger partial charge in [-0.2, -0.15) is 0 Å². The third kappa shape index (κ3) is 4.76. The Labute approximate surface area is 137 Å². The molecule has 0 aliphatic heterocycles. The molecule has 3 rings (SSSR count). The first-order chi connectivity index (χ1) is 11.3. The fourth-order valence-corrected chi connectivity index (χ4v) is 3.55. The Kier molecular flexibility index (Phi) is 5.59. The fourth-order valence-electron chi connectivity index (χ4n) is 3.55. The number of nitrogens with zero attached hydrogens (tertiary/aromatic N) is 1. The van der Waals surface area contributed by atoms with Gasteiger partial charge < -0.3 is 10.3 Å². The predicted octanol–water partition coefficient (Wildman–Crippen LogP) is 3.05. The highest BCUT2D eigenvalue weighted by Crippen LogP contribution is 2.28. The van der Waals surface area contributed by atoms with E-state index in [-0.39, 0.29) is 5.56 Å². The summed E-state index contributed by atoms with van der Waals surface area (Å²) in [7, 11) is 0. The Balaban J connectivity index is 1.67. The van der Waals surface area contributed by atoms with Crippen LogP contribution in [0, 0.1) is 5.92 Å². The van der Waals surface area contributed by atoms with Gasteiger partial charge in [0.15, 0.2) is 0 Å². The van der Waals surface area contributed by atoms with Gasteiger partial charge in [-0.25, -0.2) is 4.98 Å². The lowest BCUT2D eigenvalue weighted by molar-refractivity contribution is 0.265. The molecule has 2 aromatic rings. The summed E-state index contributed by atoms with van der Waals surface area (Å²) in [5.74, 6) is 0.714. The number of hydrogen-bond acceptors (Lipinski definition) is 3. The Morgan fingerprint density at radius 3 is 2.70 bits per heavy atom. The first-order valence-electron chi connectivity index (χ1n) is 8.62. The highest BCUT2D eigenvalue weighted by atomic mass is 16.1. The summed E-state index contributed by atoms with van der Waals surface area (Å²) in [4.78, 5) is 18.2. The third-order valence-electron chi connectivity index (χ3n) is 4.80. The topological polar surface area (TPSA) is 57.8 Å². The van der Waals surface area contributed by atoms with Crippen LogP contribution in [0.15, 0.2) is 47.5 Å². The molecule has 1 aromatic carbocycles. The van der Waals surface area contributed by atoms with Gasteiger partial charge in [0.2, 0.25) is 0 Å². The predicted molar refractivity (Wildman–Crippen MR) is 92.2 cm³/mol. The van der Waals surface area contributed by atoms with Crippen molar-refractivity contribution in [2.45, 2.75) is 51.1 Å². The SMILES string of the molecule is O=c1cc(CNC(Cc2ccccc2)C2CCCCC2)nc[nH]1. The van der Waals surface area contributed by atoms with Crippen LogP contribution in [0.25, 0.3) is 0 Å². The van der Waals surface area contributed by atoms with Crippen molar-refractivity contribution in [1.29, 1.82) is 0 Å². The van der Waals surface area contributed by atoms with E-state index in [1.54, 1.807) is 6.07 Å². The normalized spacial score (nSPS) is 17.0. The quantitative estimate of drug-likeness (QED) is 0.862. The van der Waals surface area contributed by atoms with Gasteiger partial charge in [0.25, 0.3) is 5.56 Å². The number of aromatic nitrogens is 2. The van der Waals surface area contributed by atoms with Gasteiger partial charge in [-0.1, -0.05) is 49.6 Å². The number of benzene rings is 1. The number of aromatic amines is 1. The van der Waals surface area contributed by atoms with Crippen molar-refractivity contribution in [2.75, 3.05) is 0 Å². The molecule has 1 aliphatic rings. The van der Waals surface area contributed by atoms with Crippen molar-refractivity contribution >= 4 is 0 Å². The first-order valence-corrected chi connectivity index (χ1v) is 8.62. The maximum atomic E-state index is 11.4. The second-order valence-corrected chi connectivity index (χ2v) is 6.48. The van der Waals surface area contributed by atoms with Crippen LogP contribution in [0.5, 0.6) is 0 Å². The van der Waals surface area contributed by atoms with Crippen LogP contribution in [-0.2, 0) is 13.0 Å². The lowest BCUT2D eigenvalue weighted by atomic mass is 9.81. The van der Waals surface area contributed by atoms with Crippen LogP contribution in [0.2, 0.25) is 0 Å². The zero-order valence-corrected chi connectivity index (χ0v) is 13.5. The van der Waals surface area contributed by atoms with Crippen LogP contribution in [0.1, 0.15) is 43.4 Å². The van der Waals surface area contributed by atoms with Gasteiger partial charge >= 0.3 is 0 Å². The summed E-state index contributed by atoms with van der Waals surface area (Å²) < 4.78 is 0. The van der Waals surface area contributed by atoms with Crippen molar-refractivity contribution < 1.29 is 0 Å². The van der Waals surface area contributed by atoms with Gasteiger partial charge in [0.05, 0.1) is 12.0 Å². The minimum absolute atomic E-state index is 0.0888. The van der Waals surface area contributed by atoms with Crippen LogP contribution in [0.3, 0.4) is 0 Å². The van der Waals surface area contributed by atoms with Crippen molar-refractivity contribution in [2.24, 2.45) is 5.92 Å². The minimum atomic E-state index is -0.0888. The van der Waals surface area contributed by atoms with Gasteiger partial charge in [-0.15, -0.1) is 0 Å². The minimum Gasteiger partial charge on any atom is -0.313 e. The number of rotatable bonds is 6. The maximum absolute atomic E-state index is 11.4. The Bertz CT molecular complexity index is 647. The third-order valence-corrected chi connectivity index (χ3v) is 4.80. The summed E-state index contributed by atoms with van der Waals surface area (Å²) in [5, 5.41) is 3.67. The average molecular weight is 311 g/mol. The molecule has 2 N–H and O–H groups in total. The number of H-pyrrole nitrogens is 1. The van der Waals surface area contributed by atoms with Crippen LogP contribution in [-0.4, -0.2) is 16.0 Å².